The zero-order valence-electron chi connectivity index (χ0n) is 7.50. The minimum absolute atomic E-state index is 0.0503. The number of ketones is 1. The van der Waals surface area contributed by atoms with Crippen molar-refractivity contribution < 1.29 is 4.79 Å². The van der Waals surface area contributed by atoms with Crippen molar-refractivity contribution in [1.82, 2.24) is 0 Å². The molecule has 0 fully saturated rings. The fourth-order valence-electron chi connectivity index (χ4n) is 1.09. The van der Waals surface area contributed by atoms with Crippen LogP contribution in [0.2, 0.25) is 0 Å². The molecule has 0 aliphatic carbocycles. The second-order valence-corrected chi connectivity index (χ2v) is 2.99. The summed E-state index contributed by atoms with van der Waals surface area (Å²) in [5.74, 6) is 0.185. The van der Waals surface area contributed by atoms with Gasteiger partial charge in [0.2, 0.25) is 0 Å². The number of amidine groups is 1. The molecular weight excluding hydrogens is 164 g/mol. The number of nitrogens with one attached hydrogen (secondary N) is 1. The van der Waals surface area contributed by atoms with E-state index in [1.807, 2.05) is 12.1 Å². The van der Waals surface area contributed by atoms with Crippen molar-refractivity contribution in [3.8, 4) is 0 Å². The first kappa shape index (κ1) is 9.45. The van der Waals surface area contributed by atoms with Crippen molar-refractivity contribution in [3.63, 3.8) is 0 Å². The highest BCUT2D eigenvalue weighted by Crippen LogP contribution is 2.04. The van der Waals surface area contributed by atoms with Gasteiger partial charge < -0.3 is 5.73 Å². The van der Waals surface area contributed by atoms with Crippen LogP contribution >= 0.6 is 0 Å². The molecule has 0 saturated heterocycles. The number of rotatable bonds is 3. The number of Topliss-reactive ketones (excluding diaryl/α,β-unsaturated/α-hetero) is 1. The highest BCUT2D eigenvalue weighted by Gasteiger charge is 1.98. The smallest absolute Gasteiger partial charge is 0.134 e. The third kappa shape index (κ3) is 2.71. The van der Waals surface area contributed by atoms with E-state index in [0.29, 0.717) is 12.0 Å². The standard InChI is InChI=1S/C10H12N2O/c1-7(13)6-8-2-4-9(5-3-8)10(11)12/h2-5H,6H2,1H3,(H3,11,12). The summed E-state index contributed by atoms with van der Waals surface area (Å²) < 4.78 is 0. The van der Waals surface area contributed by atoms with Crippen LogP contribution in [0.3, 0.4) is 0 Å². The van der Waals surface area contributed by atoms with E-state index < -0.39 is 0 Å². The molecule has 13 heavy (non-hydrogen) atoms. The summed E-state index contributed by atoms with van der Waals surface area (Å²) in [7, 11) is 0. The largest absolute Gasteiger partial charge is 0.384 e. The van der Waals surface area contributed by atoms with Crippen LogP contribution in [0.25, 0.3) is 0 Å². The van der Waals surface area contributed by atoms with Gasteiger partial charge >= 0.3 is 0 Å². The minimum atomic E-state index is 0.0503. The number of carbonyl (C=O) groups is 1. The average Bonchev–Trinajstić information content (AvgIpc) is 2.04. The maximum absolute atomic E-state index is 10.8. The summed E-state index contributed by atoms with van der Waals surface area (Å²) in [4.78, 5) is 10.8. The molecular formula is C10H12N2O. The van der Waals surface area contributed by atoms with E-state index >= 15 is 0 Å². The summed E-state index contributed by atoms with van der Waals surface area (Å²) in [6, 6.07) is 7.14. The molecule has 3 nitrogen and oxygen atoms in total. The summed E-state index contributed by atoms with van der Waals surface area (Å²) >= 11 is 0. The Labute approximate surface area is 77.1 Å². The lowest BCUT2D eigenvalue weighted by atomic mass is 10.1. The Hall–Kier alpha value is -1.64. The summed E-state index contributed by atoms with van der Waals surface area (Å²) in [6.07, 6.45) is 0.443. The normalized spacial score (nSPS) is 9.62. The van der Waals surface area contributed by atoms with Crippen molar-refractivity contribution in [2.75, 3.05) is 0 Å². The molecule has 0 aliphatic heterocycles. The van der Waals surface area contributed by atoms with E-state index in [4.69, 9.17) is 11.1 Å². The number of carbonyl (C=O) groups excluding carboxylic acids is 1. The molecule has 0 heterocycles. The van der Waals surface area contributed by atoms with Crippen molar-refractivity contribution in [2.24, 2.45) is 5.73 Å². The van der Waals surface area contributed by atoms with Gasteiger partial charge in [0.1, 0.15) is 11.6 Å². The van der Waals surface area contributed by atoms with Gasteiger partial charge in [-0.05, 0) is 12.5 Å². The van der Waals surface area contributed by atoms with Crippen LogP contribution in [-0.2, 0) is 11.2 Å². The molecule has 1 rings (SSSR count). The van der Waals surface area contributed by atoms with Gasteiger partial charge in [0.05, 0.1) is 0 Å². The van der Waals surface area contributed by atoms with E-state index in [2.05, 4.69) is 0 Å². The lowest BCUT2D eigenvalue weighted by molar-refractivity contribution is -0.116. The maximum Gasteiger partial charge on any atom is 0.134 e. The molecule has 0 aliphatic rings. The van der Waals surface area contributed by atoms with Gasteiger partial charge in [0.15, 0.2) is 0 Å². The molecule has 0 spiro atoms. The molecule has 0 atom stereocenters. The van der Waals surface area contributed by atoms with Gasteiger partial charge in [0.25, 0.3) is 0 Å². The lowest BCUT2D eigenvalue weighted by Gasteiger charge is -2.00. The Balaban J connectivity index is 2.81. The third-order valence-electron chi connectivity index (χ3n) is 1.72. The lowest BCUT2D eigenvalue weighted by Crippen LogP contribution is -2.10. The predicted octanol–water partition coefficient (Wildman–Crippen LogP) is 1.10. The van der Waals surface area contributed by atoms with E-state index in [9.17, 15) is 4.79 Å². The van der Waals surface area contributed by atoms with Crippen molar-refractivity contribution in [1.29, 1.82) is 5.41 Å². The Morgan fingerprint density at radius 2 is 1.92 bits per heavy atom. The zero-order valence-corrected chi connectivity index (χ0v) is 7.50. The average molecular weight is 176 g/mol. The predicted molar refractivity (Wildman–Crippen MR) is 51.8 cm³/mol. The van der Waals surface area contributed by atoms with E-state index in [0.717, 1.165) is 5.56 Å². The molecule has 3 heteroatoms. The molecule has 1 aromatic rings. The first-order valence-electron chi connectivity index (χ1n) is 4.02. The Morgan fingerprint density at radius 3 is 2.31 bits per heavy atom. The SMILES string of the molecule is CC(=O)Cc1ccc(C(=N)N)cc1. The molecule has 1 aromatic carbocycles. The first-order valence-corrected chi connectivity index (χ1v) is 4.02. The number of benzene rings is 1. The second kappa shape index (κ2) is 3.85. The van der Waals surface area contributed by atoms with Gasteiger partial charge in [-0.25, -0.2) is 0 Å². The van der Waals surface area contributed by atoms with Crippen molar-refractivity contribution in [2.45, 2.75) is 13.3 Å². The quantitative estimate of drug-likeness (QED) is 0.535. The molecule has 0 amide bonds. The Kier molecular flexibility index (Phi) is 2.80. The fraction of sp³-hybridized carbons (Fsp3) is 0.200. The first-order chi connectivity index (χ1) is 6.09. The topological polar surface area (TPSA) is 66.9 Å². The van der Waals surface area contributed by atoms with Gasteiger partial charge in [-0.3, -0.25) is 10.2 Å². The van der Waals surface area contributed by atoms with E-state index in [1.165, 1.54) is 0 Å². The van der Waals surface area contributed by atoms with Crippen LogP contribution in [0, 0.1) is 5.41 Å². The van der Waals surface area contributed by atoms with E-state index in [1.54, 1.807) is 19.1 Å². The Morgan fingerprint density at radius 1 is 1.38 bits per heavy atom. The highest BCUT2D eigenvalue weighted by atomic mass is 16.1. The minimum Gasteiger partial charge on any atom is -0.384 e. The van der Waals surface area contributed by atoms with Gasteiger partial charge in [-0.15, -0.1) is 0 Å². The van der Waals surface area contributed by atoms with Gasteiger partial charge in [-0.2, -0.15) is 0 Å². The molecule has 0 unspecified atom stereocenters. The van der Waals surface area contributed by atoms with Crippen LogP contribution in [-0.4, -0.2) is 11.6 Å². The molecule has 0 aromatic heterocycles. The van der Waals surface area contributed by atoms with Crippen LogP contribution < -0.4 is 5.73 Å². The second-order valence-electron chi connectivity index (χ2n) is 2.99. The third-order valence-corrected chi connectivity index (χ3v) is 1.72. The maximum atomic E-state index is 10.8. The molecule has 0 radical (unpaired) electrons. The monoisotopic (exact) mass is 176 g/mol. The van der Waals surface area contributed by atoms with Crippen LogP contribution in [0.5, 0.6) is 0 Å². The number of hydrogen-bond donors (Lipinski definition) is 2. The van der Waals surface area contributed by atoms with Crippen molar-refractivity contribution >= 4 is 11.6 Å². The summed E-state index contributed by atoms with van der Waals surface area (Å²) in [5.41, 5.74) is 6.92. The number of hydrogen-bond acceptors (Lipinski definition) is 2. The van der Waals surface area contributed by atoms with Crippen LogP contribution in [0.15, 0.2) is 24.3 Å². The number of nitrogens with two attached hydrogens (primary N) is 1. The highest BCUT2D eigenvalue weighted by molar-refractivity contribution is 5.95. The Bertz CT molecular complexity index is 327. The fourth-order valence-corrected chi connectivity index (χ4v) is 1.09. The zero-order chi connectivity index (χ0) is 9.84. The summed E-state index contributed by atoms with van der Waals surface area (Å²) in [5, 5.41) is 7.16. The van der Waals surface area contributed by atoms with Gasteiger partial charge in [0, 0.05) is 12.0 Å². The van der Waals surface area contributed by atoms with E-state index in [-0.39, 0.29) is 11.6 Å². The molecule has 3 N–H and O–H groups in total. The summed E-state index contributed by atoms with van der Waals surface area (Å²) in [6.45, 7) is 1.55. The molecule has 68 valence electrons. The van der Waals surface area contributed by atoms with Crippen LogP contribution in [0.1, 0.15) is 18.1 Å². The van der Waals surface area contributed by atoms with Gasteiger partial charge in [-0.1, -0.05) is 24.3 Å². The number of nitrogen functional groups attached to an aromatic ring is 1. The molecule has 0 saturated carbocycles. The molecule has 0 bridgehead atoms. The van der Waals surface area contributed by atoms with Crippen LogP contribution in [0.4, 0.5) is 0 Å². The van der Waals surface area contributed by atoms with Crippen molar-refractivity contribution in [3.05, 3.63) is 35.4 Å².